The summed E-state index contributed by atoms with van der Waals surface area (Å²) in [6.07, 6.45) is 11.0. The molecule has 1 heterocycles. The molecule has 0 spiro atoms. The summed E-state index contributed by atoms with van der Waals surface area (Å²) in [6.45, 7) is 4.92. The summed E-state index contributed by atoms with van der Waals surface area (Å²) < 4.78 is 5.95. The molecule has 0 bridgehead atoms. The smallest absolute Gasteiger partial charge is 0.248 e. The van der Waals surface area contributed by atoms with Crippen LogP contribution in [0.25, 0.3) is 0 Å². The van der Waals surface area contributed by atoms with Gasteiger partial charge in [-0.3, -0.25) is 4.79 Å². The molecule has 1 aliphatic carbocycles. The molecule has 4 nitrogen and oxygen atoms in total. The molecule has 22 heavy (non-hydrogen) atoms. The van der Waals surface area contributed by atoms with Crippen LogP contribution in [-0.2, 0) is 9.53 Å². The lowest BCUT2D eigenvalue weighted by molar-refractivity contribution is -0.135. The Hall–Kier alpha value is -0.320. The van der Waals surface area contributed by atoms with E-state index in [-0.39, 0.29) is 30.5 Å². The number of nitrogens with one attached hydrogen (secondary N) is 2. The van der Waals surface area contributed by atoms with Gasteiger partial charge in [-0.25, -0.2) is 0 Å². The van der Waals surface area contributed by atoms with Crippen molar-refractivity contribution in [2.45, 2.75) is 76.9 Å². The van der Waals surface area contributed by atoms with E-state index in [0.717, 1.165) is 44.8 Å². The van der Waals surface area contributed by atoms with E-state index in [1.54, 1.807) is 0 Å². The Morgan fingerprint density at radius 3 is 2.55 bits per heavy atom. The van der Waals surface area contributed by atoms with E-state index in [9.17, 15) is 4.79 Å². The maximum absolute atomic E-state index is 12.1. The quantitative estimate of drug-likeness (QED) is 0.735. The number of piperidine rings is 1. The topological polar surface area (TPSA) is 50.4 Å². The molecule has 2 aliphatic rings. The van der Waals surface area contributed by atoms with Crippen molar-refractivity contribution in [1.82, 2.24) is 10.6 Å². The number of halogens is 1. The maximum Gasteiger partial charge on any atom is 0.248 e. The molecule has 1 aliphatic heterocycles. The van der Waals surface area contributed by atoms with Gasteiger partial charge in [0.05, 0.1) is 6.10 Å². The molecular weight excluding hydrogens is 300 g/mol. The average Bonchev–Trinajstić information content (AvgIpc) is 2.77. The number of hydrogen-bond acceptors (Lipinski definition) is 3. The first-order valence-corrected chi connectivity index (χ1v) is 8.89. The third-order valence-corrected chi connectivity index (χ3v) is 4.82. The first-order chi connectivity index (χ1) is 10.3. The fraction of sp³-hybridized carbons (Fsp3) is 0.941. The molecule has 2 rings (SSSR count). The number of hydrogen-bond donors (Lipinski definition) is 2. The molecule has 2 atom stereocenters. The summed E-state index contributed by atoms with van der Waals surface area (Å²) in [5, 5.41) is 6.46. The van der Waals surface area contributed by atoms with Crippen molar-refractivity contribution in [3.63, 3.8) is 0 Å². The maximum atomic E-state index is 12.1. The minimum absolute atomic E-state index is 0. The lowest BCUT2D eigenvalue weighted by Crippen LogP contribution is -2.39. The van der Waals surface area contributed by atoms with Crippen molar-refractivity contribution < 1.29 is 9.53 Å². The Morgan fingerprint density at radius 1 is 1.18 bits per heavy atom. The highest BCUT2D eigenvalue weighted by molar-refractivity contribution is 5.85. The van der Waals surface area contributed by atoms with Gasteiger partial charge in [-0.15, -0.1) is 12.4 Å². The van der Waals surface area contributed by atoms with Crippen LogP contribution in [0.5, 0.6) is 0 Å². The number of ether oxygens (including phenoxy) is 1. The van der Waals surface area contributed by atoms with Gasteiger partial charge in [-0.2, -0.15) is 0 Å². The largest absolute Gasteiger partial charge is 0.365 e. The third-order valence-electron chi connectivity index (χ3n) is 4.82. The molecule has 2 unspecified atom stereocenters. The Bertz CT molecular complexity index is 301. The second-order valence-corrected chi connectivity index (χ2v) is 6.68. The number of rotatable bonds is 6. The molecule has 5 heteroatoms. The monoisotopic (exact) mass is 332 g/mol. The Balaban J connectivity index is 0.00000242. The minimum Gasteiger partial charge on any atom is -0.365 e. The Labute approximate surface area is 141 Å². The standard InChI is InChI=1S/C17H32N2O2.ClH/c1-14(21-16-8-4-2-3-5-9-16)17(20)19-12-10-15-7-6-11-18-13-15;/h14-16,18H,2-13H2,1H3,(H,19,20);1H. The molecule has 1 amide bonds. The zero-order valence-electron chi connectivity index (χ0n) is 13.9. The van der Waals surface area contributed by atoms with Gasteiger partial charge in [0.25, 0.3) is 0 Å². The molecule has 1 saturated heterocycles. The summed E-state index contributed by atoms with van der Waals surface area (Å²) in [4.78, 5) is 12.1. The van der Waals surface area contributed by atoms with Gasteiger partial charge in [-0.05, 0) is 58.0 Å². The van der Waals surface area contributed by atoms with Crippen LogP contribution >= 0.6 is 12.4 Å². The van der Waals surface area contributed by atoms with Crippen LogP contribution in [0.1, 0.15) is 64.7 Å². The second kappa shape index (κ2) is 11.3. The highest BCUT2D eigenvalue weighted by atomic mass is 35.5. The zero-order valence-corrected chi connectivity index (χ0v) is 14.8. The van der Waals surface area contributed by atoms with Crippen LogP contribution in [0.3, 0.4) is 0 Å². The third kappa shape index (κ3) is 7.30. The van der Waals surface area contributed by atoms with Gasteiger partial charge in [-0.1, -0.05) is 25.7 Å². The lowest BCUT2D eigenvalue weighted by atomic mass is 9.96. The van der Waals surface area contributed by atoms with E-state index in [4.69, 9.17) is 4.74 Å². The summed E-state index contributed by atoms with van der Waals surface area (Å²) in [6, 6.07) is 0. The van der Waals surface area contributed by atoms with Gasteiger partial charge in [0.1, 0.15) is 6.10 Å². The van der Waals surface area contributed by atoms with Gasteiger partial charge >= 0.3 is 0 Å². The number of amides is 1. The minimum atomic E-state index is -0.308. The van der Waals surface area contributed by atoms with Crippen LogP contribution in [0, 0.1) is 5.92 Å². The van der Waals surface area contributed by atoms with Crippen molar-refractivity contribution >= 4 is 18.3 Å². The van der Waals surface area contributed by atoms with Gasteiger partial charge in [0.15, 0.2) is 0 Å². The summed E-state index contributed by atoms with van der Waals surface area (Å²) >= 11 is 0. The molecule has 1 saturated carbocycles. The normalized spacial score (nSPS) is 24.9. The van der Waals surface area contributed by atoms with Crippen LogP contribution in [0.15, 0.2) is 0 Å². The molecular formula is C17H33ClN2O2. The number of carbonyl (C=O) groups is 1. The van der Waals surface area contributed by atoms with E-state index in [1.165, 1.54) is 38.5 Å². The SMILES string of the molecule is CC(OC1CCCCCC1)C(=O)NCCC1CCCNC1.Cl. The van der Waals surface area contributed by atoms with Crippen molar-refractivity contribution in [3.8, 4) is 0 Å². The number of carbonyl (C=O) groups excluding carboxylic acids is 1. The predicted octanol–water partition coefficient (Wildman–Crippen LogP) is 3.04. The van der Waals surface area contributed by atoms with Crippen LogP contribution < -0.4 is 10.6 Å². The van der Waals surface area contributed by atoms with Crippen LogP contribution in [-0.4, -0.2) is 37.7 Å². The van der Waals surface area contributed by atoms with Crippen molar-refractivity contribution in [3.05, 3.63) is 0 Å². The van der Waals surface area contributed by atoms with E-state index < -0.39 is 0 Å². The van der Waals surface area contributed by atoms with E-state index in [2.05, 4.69) is 10.6 Å². The predicted molar refractivity (Wildman–Crippen MR) is 92.5 cm³/mol. The molecule has 0 aromatic carbocycles. The zero-order chi connectivity index (χ0) is 14.9. The van der Waals surface area contributed by atoms with E-state index in [1.807, 2.05) is 6.92 Å². The Morgan fingerprint density at radius 2 is 1.91 bits per heavy atom. The first-order valence-electron chi connectivity index (χ1n) is 8.89. The van der Waals surface area contributed by atoms with Crippen LogP contribution in [0.4, 0.5) is 0 Å². The Kier molecular flexibility index (Phi) is 10.1. The fourth-order valence-electron chi connectivity index (χ4n) is 3.44. The van der Waals surface area contributed by atoms with Crippen molar-refractivity contribution in [2.24, 2.45) is 5.92 Å². The highest BCUT2D eigenvalue weighted by Gasteiger charge is 2.20. The van der Waals surface area contributed by atoms with Crippen molar-refractivity contribution in [2.75, 3.05) is 19.6 Å². The van der Waals surface area contributed by atoms with E-state index >= 15 is 0 Å². The summed E-state index contributed by atoms with van der Waals surface area (Å²) in [5.74, 6) is 0.778. The molecule has 0 radical (unpaired) electrons. The van der Waals surface area contributed by atoms with Gasteiger partial charge in [0, 0.05) is 6.54 Å². The van der Waals surface area contributed by atoms with Gasteiger partial charge in [0.2, 0.25) is 5.91 Å². The molecule has 0 aromatic heterocycles. The second-order valence-electron chi connectivity index (χ2n) is 6.68. The fourth-order valence-corrected chi connectivity index (χ4v) is 3.44. The van der Waals surface area contributed by atoms with E-state index in [0.29, 0.717) is 0 Å². The molecule has 2 fully saturated rings. The van der Waals surface area contributed by atoms with Crippen molar-refractivity contribution in [1.29, 1.82) is 0 Å². The first kappa shape index (κ1) is 19.7. The molecule has 0 aromatic rings. The lowest BCUT2D eigenvalue weighted by Gasteiger charge is -2.24. The average molecular weight is 333 g/mol. The molecule has 130 valence electrons. The summed E-state index contributed by atoms with van der Waals surface area (Å²) in [7, 11) is 0. The highest BCUT2D eigenvalue weighted by Crippen LogP contribution is 2.21. The van der Waals surface area contributed by atoms with Crippen LogP contribution in [0.2, 0.25) is 0 Å². The summed E-state index contributed by atoms with van der Waals surface area (Å²) in [5.41, 5.74) is 0. The molecule has 2 N–H and O–H groups in total. The van der Waals surface area contributed by atoms with Gasteiger partial charge < -0.3 is 15.4 Å².